The SMILES string of the molecule is C=C(C(C)C)C(C)C(C)/C(C)=N\C. The number of nitrogens with zero attached hydrogens (tertiary/aromatic N) is 1. The van der Waals surface area contributed by atoms with Gasteiger partial charge in [0.2, 0.25) is 0 Å². The highest BCUT2D eigenvalue weighted by atomic mass is 14.7. The summed E-state index contributed by atoms with van der Waals surface area (Å²) in [5.41, 5.74) is 2.55. The Labute approximate surface area is 83.0 Å². The van der Waals surface area contributed by atoms with E-state index in [1.54, 1.807) is 0 Å². The summed E-state index contributed by atoms with van der Waals surface area (Å²) in [4.78, 5) is 4.23. The van der Waals surface area contributed by atoms with E-state index >= 15 is 0 Å². The van der Waals surface area contributed by atoms with Crippen LogP contribution in [-0.2, 0) is 0 Å². The molecule has 1 nitrogen and oxygen atoms in total. The zero-order valence-electron chi connectivity index (χ0n) is 9.89. The third-order valence-electron chi connectivity index (χ3n) is 3.09. The van der Waals surface area contributed by atoms with E-state index in [2.05, 4.69) is 46.2 Å². The van der Waals surface area contributed by atoms with Crippen molar-refractivity contribution in [1.82, 2.24) is 0 Å². The van der Waals surface area contributed by atoms with Crippen LogP contribution in [0.2, 0.25) is 0 Å². The fraction of sp³-hybridized carbons (Fsp3) is 0.750. The molecule has 0 N–H and O–H groups in total. The van der Waals surface area contributed by atoms with Crippen molar-refractivity contribution in [2.45, 2.75) is 34.6 Å². The zero-order valence-corrected chi connectivity index (χ0v) is 9.89. The minimum atomic E-state index is 0.514. The maximum absolute atomic E-state index is 4.23. The summed E-state index contributed by atoms with van der Waals surface area (Å²) in [5.74, 6) is 1.62. The van der Waals surface area contributed by atoms with Crippen LogP contribution in [-0.4, -0.2) is 12.8 Å². The smallest absolute Gasteiger partial charge is 0.0276 e. The van der Waals surface area contributed by atoms with E-state index in [1.807, 2.05) is 7.05 Å². The van der Waals surface area contributed by atoms with Crippen molar-refractivity contribution >= 4 is 5.71 Å². The first-order chi connectivity index (χ1) is 5.91. The van der Waals surface area contributed by atoms with Crippen LogP contribution in [0.1, 0.15) is 34.6 Å². The molecule has 1 heteroatoms. The van der Waals surface area contributed by atoms with Gasteiger partial charge in [-0.3, -0.25) is 4.99 Å². The molecule has 0 aromatic rings. The normalized spacial score (nSPS) is 17.3. The molecule has 0 aliphatic heterocycles. The number of allylic oxidation sites excluding steroid dienone is 1. The maximum atomic E-state index is 4.23. The van der Waals surface area contributed by atoms with Gasteiger partial charge in [0, 0.05) is 12.8 Å². The summed E-state index contributed by atoms with van der Waals surface area (Å²) in [6, 6.07) is 0. The lowest BCUT2D eigenvalue weighted by Crippen LogP contribution is -2.19. The second-order valence-corrected chi connectivity index (χ2v) is 4.17. The van der Waals surface area contributed by atoms with Crippen molar-refractivity contribution in [3.63, 3.8) is 0 Å². The molecule has 0 aromatic heterocycles. The lowest BCUT2D eigenvalue weighted by atomic mass is 9.82. The van der Waals surface area contributed by atoms with Crippen molar-refractivity contribution in [3.8, 4) is 0 Å². The van der Waals surface area contributed by atoms with E-state index in [0.717, 1.165) is 0 Å². The van der Waals surface area contributed by atoms with Gasteiger partial charge in [0.25, 0.3) is 0 Å². The lowest BCUT2D eigenvalue weighted by molar-refractivity contribution is 0.504. The van der Waals surface area contributed by atoms with Gasteiger partial charge in [0.05, 0.1) is 0 Å². The first-order valence-corrected chi connectivity index (χ1v) is 5.03. The van der Waals surface area contributed by atoms with Crippen LogP contribution in [0, 0.1) is 17.8 Å². The Kier molecular flexibility index (Phi) is 4.97. The van der Waals surface area contributed by atoms with Crippen molar-refractivity contribution in [1.29, 1.82) is 0 Å². The minimum absolute atomic E-state index is 0.514. The van der Waals surface area contributed by atoms with Gasteiger partial charge in [-0.25, -0.2) is 0 Å². The molecule has 0 aliphatic rings. The fourth-order valence-electron chi connectivity index (χ4n) is 1.41. The van der Waals surface area contributed by atoms with Crippen LogP contribution in [0.15, 0.2) is 17.1 Å². The fourth-order valence-corrected chi connectivity index (χ4v) is 1.41. The van der Waals surface area contributed by atoms with E-state index in [0.29, 0.717) is 17.8 Å². The second kappa shape index (κ2) is 5.21. The molecule has 0 rings (SSSR count). The van der Waals surface area contributed by atoms with Gasteiger partial charge in [-0.1, -0.05) is 39.8 Å². The highest BCUT2D eigenvalue weighted by Crippen LogP contribution is 2.25. The Hall–Kier alpha value is -0.590. The van der Waals surface area contributed by atoms with Crippen LogP contribution in [0.25, 0.3) is 0 Å². The van der Waals surface area contributed by atoms with Crippen LogP contribution >= 0.6 is 0 Å². The van der Waals surface area contributed by atoms with Gasteiger partial charge in [-0.05, 0) is 24.7 Å². The van der Waals surface area contributed by atoms with Gasteiger partial charge in [0.1, 0.15) is 0 Å². The van der Waals surface area contributed by atoms with Crippen LogP contribution in [0.5, 0.6) is 0 Å². The van der Waals surface area contributed by atoms with Crippen molar-refractivity contribution in [2.75, 3.05) is 7.05 Å². The zero-order chi connectivity index (χ0) is 10.6. The summed E-state index contributed by atoms with van der Waals surface area (Å²) < 4.78 is 0. The quantitative estimate of drug-likeness (QED) is 0.464. The van der Waals surface area contributed by atoms with Crippen LogP contribution in [0.4, 0.5) is 0 Å². The van der Waals surface area contributed by atoms with Gasteiger partial charge in [-0.15, -0.1) is 0 Å². The number of hydrogen-bond acceptors (Lipinski definition) is 1. The second-order valence-electron chi connectivity index (χ2n) is 4.17. The van der Waals surface area contributed by atoms with E-state index in [9.17, 15) is 0 Å². The molecule has 0 spiro atoms. The highest BCUT2D eigenvalue weighted by Gasteiger charge is 2.18. The first kappa shape index (κ1) is 12.4. The molecule has 2 atom stereocenters. The number of aliphatic imine (C=N–C) groups is 1. The number of rotatable bonds is 4. The summed E-state index contributed by atoms with van der Waals surface area (Å²) in [5, 5.41) is 0. The Morgan fingerprint density at radius 3 is 1.85 bits per heavy atom. The van der Waals surface area contributed by atoms with Crippen molar-refractivity contribution in [2.24, 2.45) is 22.7 Å². The molecule has 13 heavy (non-hydrogen) atoms. The maximum Gasteiger partial charge on any atom is 0.0276 e. The first-order valence-electron chi connectivity index (χ1n) is 5.03. The molecular formula is C12H23N. The van der Waals surface area contributed by atoms with Crippen molar-refractivity contribution < 1.29 is 0 Å². The average molecular weight is 181 g/mol. The summed E-state index contributed by atoms with van der Waals surface area (Å²) in [6.45, 7) is 15.1. The molecule has 0 aromatic carbocycles. The van der Waals surface area contributed by atoms with Crippen molar-refractivity contribution in [3.05, 3.63) is 12.2 Å². The molecule has 0 bridgehead atoms. The molecule has 76 valence electrons. The molecule has 0 fully saturated rings. The predicted octanol–water partition coefficient (Wildman–Crippen LogP) is 3.56. The summed E-state index contributed by atoms with van der Waals surface area (Å²) in [6.07, 6.45) is 0. The van der Waals surface area contributed by atoms with Gasteiger partial charge >= 0.3 is 0 Å². The summed E-state index contributed by atoms with van der Waals surface area (Å²) >= 11 is 0. The average Bonchev–Trinajstić information content (AvgIpc) is 2.12. The van der Waals surface area contributed by atoms with E-state index < -0.39 is 0 Å². The molecule has 0 saturated carbocycles. The molecule has 0 saturated heterocycles. The van der Waals surface area contributed by atoms with E-state index in [4.69, 9.17) is 0 Å². The highest BCUT2D eigenvalue weighted by molar-refractivity contribution is 5.84. The third kappa shape index (κ3) is 3.33. The predicted molar refractivity (Wildman–Crippen MR) is 61.3 cm³/mol. The molecule has 2 unspecified atom stereocenters. The minimum Gasteiger partial charge on any atom is -0.297 e. The van der Waals surface area contributed by atoms with E-state index in [-0.39, 0.29) is 0 Å². The Morgan fingerprint density at radius 2 is 1.54 bits per heavy atom. The molecule has 0 heterocycles. The summed E-state index contributed by atoms with van der Waals surface area (Å²) in [7, 11) is 1.86. The number of hydrogen-bond donors (Lipinski definition) is 0. The monoisotopic (exact) mass is 181 g/mol. The van der Waals surface area contributed by atoms with E-state index in [1.165, 1.54) is 11.3 Å². The van der Waals surface area contributed by atoms with Gasteiger partial charge in [-0.2, -0.15) is 0 Å². The lowest BCUT2D eigenvalue weighted by Gasteiger charge is -2.24. The Balaban J connectivity index is 4.43. The molecular weight excluding hydrogens is 158 g/mol. The van der Waals surface area contributed by atoms with Crippen LogP contribution in [0.3, 0.4) is 0 Å². The Morgan fingerprint density at radius 1 is 1.08 bits per heavy atom. The van der Waals surface area contributed by atoms with Gasteiger partial charge < -0.3 is 0 Å². The third-order valence-corrected chi connectivity index (χ3v) is 3.09. The molecule has 0 amide bonds. The topological polar surface area (TPSA) is 12.4 Å². The van der Waals surface area contributed by atoms with Gasteiger partial charge in [0.15, 0.2) is 0 Å². The largest absolute Gasteiger partial charge is 0.297 e. The standard InChI is InChI=1S/C12H23N/c1-8(2)9(3)10(4)11(5)12(6)13-7/h8,10-11H,3H2,1-2,4-7H3/b13-12-. The Bertz CT molecular complexity index is 201. The molecule has 0 radical (unpaired) electrons. The van der Waals surface area contributed by atoms with Crippen LogP contribution < -0.4 is 0 Å². The molecule has 0 aliphatic carbocycles.